The van der Waals surface area contributed by atoms with Crippen LogP contribution >= 0.6 is 27.3 Å². The van der Waals surface area contributed by atoms with Crippen LogP contribution in [0.1, 0.15) is 28.3 Å². The fourth-order valence-corrected chi connectivity index (χ4v) is 3.79. The van der Waals surface area contributed by atoms with Gasteiger partial charge in [0.05, 0.1) is 20.1 Å². The van der Waals surface area contributed by atoms with E-state index in [9.17, 15) is 0 Å². The van der Waals surface area contributed by atoms with E-state index >= 15 is 0 Å². The predicted octanol–water partition coefficient (Wildman–Crippen LogP) is 5.13. The third kappa shape index (κ3) is 2.74. The molecular weight excluding hydrogens is 322 g/mol. The van der Waals surface area contributed by atoms with Gasteiger partial charge in [-0.3, -0.25) is 0 Å². The first kappa shape index (κ1) is 12.9. The molecule has 0 radical (unpaired) electrons. The molecule has 0 saturated heterocycles. The Kier molecular flexibility index (Phi) is 3.71. The first-order chi connectivity index (χ1) is 9.26. The number of benzene rings is 1. The van der Waals surface area contributed by atoms with Crippen molar-refractivity contribution in [2.75, 3.05) is 0 Å². The number of nitrogens with zero attached hydrogens (tertiary/aromatic N) is 1. The molecule has 19 heavy (non-hydrogen) atoms. The van der Waals surface area contributed by atoms with E-state index in [1.54, 1.807) is 11.3 Å². The summed E-state index contributed by atoms with van der Waals surface area (Å²) >= 11 is 5.45. The fourth-order valence-electron chi connectivity index (χ4n) is 2.01. The van der Waals surface area contributed by atoms with Crippen LogP contribution < -0.4 is 0 Å². The number of alkyl halides is 1. The molecule has 0 aliphatic rings. The summed E-state index contributed by atoms with van der Waals surface area (Å²) in [4.78, 5) is 4.84. The van der Waals surface area contributed by atoms with Crippen molar-refractivity contribution in [1.29, 1.82) is 0 Å². The molecule has 1 atom stereocenters. The maximum Gasteiger partial charge on any atom is 0.118 e. The van der Waals surface area contributed by atoms with E-state index in [0.29, 0.717) is 0 Å². The van der Waals surface area contributed by atoms with Crippen LogP contribution in [0, 0.1) is 0 Å². The maximum atomic E-state index is 5.77. The van der Waals surface area contributed by atoms with Crippen LogP contribution in [0.4, 0.5) is 0 Å². The van der Waals surface area contributed by atoms with Gasteiger partial charge in [-0.25, -0.2) is 4.98 Å². The van der Waals surface area contributed by atoms with Crippen molar-refractivity contribution in [2.45, 2.75) is 24.6 Å². The minimum atomic E-state index is 0.188. The minimum Gasteiger partial charge on any atom is -0.465 e. The van der Waals surface area contributed by atoms with Crippen molar-refractivity contribution in [3.05, 3.63) is 52.9 Å². The van der Waals surface area contributed by atoms with Crippen molar-refractivity contribution in [3.63, 3.8) is 0 Å². The Hall–Kier alpha value is -1.13. The summed E-state index contributed by atoms with van der Waals surface area (Å²) in [5.41, 5.74) is 1.08. The average molecular weight is 336 g/mol. The largest absolute Gasteiger partial charge is 0.465 e. The first-order valence-corrected chi connectivity index (χ1v) is 8.06. The lowest BCUT2D eigenvalue weighted by molar-refractivity contribution is 0.467. The van der Waals surface area contributed by atoms with Gasteiger partial charge < -0.3 is 4.42 Å². The zero-order chi connectivity index (χ0) is 13.2. The van der Waals surface area contributed by atoms with E-state index in [0.717, 1.165) is 34.9 Å². The van der Waals surface area contributed by atoms with Gasteiger partial charge in [0.2, 0.25) is 0 Å². The summed E-state index contributed by atoms with van der Waals surface area (Å²) in [5.74, 6) is 2.01. The summed E-state index contributed by atoms with van der Waals surface area (Å²) in [5, 5.41) is 1.14. The quantitative estimate of drug-likeness (QED) is 0.617. The molecule has 0 bridgehead atoms. The van der Waals surface area contributed by atoms with Crippen molar-refractivity contribution in [2.24, 2.45) is 0 Å². The van der Waals surface area contributed by atoms with Crippen LogP contribution in [0.25, 0.3) is 10.2 Å². The lowest BCUT2D eigenvalue weighted by Crippen LogP contribution is -1.92. The number of furan rings is 1. The second kappa shape index (κ2) is 5.47. The molecule has 0 aliphatic heterocycles. The molecule has 1 aromatic carbocycles. The molecule has 0 spiro atoms. The van der Waals surface area contributed by atoms with Crippen LogP contribution in [0.15, 0.2) is 40.8 Å². The van der Waals surface area contributed by atoms with E-state index in [2.05, 4.69) is 46.0 Å². The van der Waals surface area contributed by atoms with E-state index in [-0.39, 0.29) is 4.83 Å². The summed E-state index contributed by atoms with van der Waals surface area (Å²) < 4.78 is 7.01. The van der Waals surface area contributed by atoms with Gasteiger partial charge >= 0.3 is 0 Å². The van der Waals surface area contributed by atoms with E-state index in [1.807, 2.05) is 18.2 Å². The molecule has 0 aliphatic carbocycles. The average Bonchev–Trinajstić information content (AvgIpc) is 3.04. The van der Waals surface area contributed by atoms with E-state index < -0.39 is 0 Å². The summed E-state index contributed by atoms with van der Waals surface area (Å²) in [7, 11) is 0. The number of fused-ring (bicyclic) bond motifs is 1. The highest BCUT2D eigenvalue weighted by atomic mass is 79.9. The zero-order valence-corrected chi connectivity index (χ0v) is 13.0. The maximum absolute atomic E-state index is 5.77. The Balaban J connectivity index is 1.80. The summed E-state index contributed by atoms with van der Waals surface area (Å²) in [6.45, 7) is 2.10. The number of para-hydroxylation sites is 1. The third-order valence-electron chi connectivity index (χ3n) is 3.03. The Labute approximate surface area is 124 Å². The highest BCUT2D eigenvalue weighted by Crippen LogP contribution is 2.31. The van der Waals surface area contributed by atoms with Gasteiger partial charge in [0.25, 0.3) is 0 Å². The van der Waals surface area contributed by atoms with Gasteiger partial charge in [0, 0.05) is 12.8 Å². The normalized spacial score (nSPS) is 12.9. The number of aromatic nitrogens is 1. The number of hydrogen-bond acceptors (Lipinski definition) is 3. The van der Waals surface area contributed by atoms with Crippen molar-refractivity contribution >= 4 is 37.5 Å². The summed E-state index contributed by atoms with van der Waals surface area (Å²) in [6.07, 6.45) is 1.79. The van der Waals surface area contributed by atoms with Crippen LogP contribution in [0.5, 0.6) is 0 Å². The van der Waals surface area contributed by atoms with Crippen molar-refractivity contribution < 1.29 is 4.42 Å². The number of thiazole rings is 1. The lowest BCUT2D eigenvalue weighted by Gasteiger charge is -2.03. The third-order valence-corrected chi connectivity index (χ3v) is 4.87. The van der Waals surface area contributed by atoms with Gasteiger partial charge in [0.1, 0.15) is 11.5 Å². The standard InChI is InChI=1S/C15H14BrNOS/c1-2-10-7-8-13(18-10)11(16)9-15-17-12-5-3-4-6-14(12)19-15/h3-8,11H,2,9H2,1H3. The molecule has 0 saturated carbocycles. The number of halogens is 1. The summed E-state index contributed by atoms with van der Waals surface area (Å²) in [6, 6.07) is 12.3. The molecule has 0 N–H and O–H groups in total. The van der Waals surface area contributed by atoms with Crippen molar-refractivity contribution in [1.82, 2.24) is 4.98 Å². The van der Waals surface area contributed by atoms with E-state index in [4.69, 9.17) is 4.42 Å². The van der Waals surface area contributed by atoms with Gasteiger partial charge in [-0.15, -0.1) is 11.3 Å². The highest BCUT2D eigenvalue weighted by Gasteiger charge is 2.15. The minimum absolute atomic E-state index is 0.188. The van der Waals surface area contributed by atoms with Gasteiger partial charge in [0.15, 0.2) is 0 Å². The molecule has 2 aromatic heterocycles. The van der Waals surface area contributed by atoms with Gasteiger partial charge in [-0.1, -0.05) is 35.0 Å². The van der Waals surface area contributed by atoms with E-state index in [1.165, 1.54) is 4.70 Å². The van der Waals surface area contributed by atoms with Crippen LogP contribution in [0.3, 0.4) is 0 Å². The van der Waals surface area contributed by atoms with Crippen LogP contribution in [0.2, 0.25) is 0 Å². The topological polar surface area (TPSA) is 26.0 Å². The Morgan fingerprint density at radius 3 is 2.84 bits per heavy atom. The molecule has 2 heterocycles. The molecule has 4 heteroatoms. The smallest absolute Gasteiger partial charge is 0.118 e. The first-order valence-electron chi connectivity index (χ1n) is 6.33. The predicted molar refractivity (Wildman–Crippen MR) is 83.1 cm³/mol. The molecule has 3 aromatic rings. The number of rotatable bonds is 4. The highest BCUT2D eigenvalue weighted by molar-refractivity contribution is 9.09. The molecule has 2 nitrogen and oxygen atoms in total. The molecule has 3 rings (SSSR count). The fraction of sp³-hybridized carbons (Fsp3) is 0.267. The Morgan fingerprint density at radius 1 is 1.26 bits per heavy atom. The molecule has 1 unspecified atom stereocenters. The zero-order valence-electron chi connectivity index (χ0n) is 10.6. The van der Waals surface area contributed by atoms with Crippen LogP contribution in [-0.2, 0) is 12.8 Å². The molecule has 98 valence electrons. The second-order valence-corrected chi connectivity index (χ2v) is 6.63. The molecule has 0 fully saturated rings. The second-order valence-electron chi connectivity index (χ2n) is 4.40. The Morgan fingerprint density at radius 2 is 2.11 bits per heavy atom. The van der Waals surface area contributed by atoms with Crippen LogP contribution in [-0.4, -0.2) is 4.98 Å². The van der Waals surface area contributed by atoms with Gasteiger partial charge in [-0.2, -0.15) is 0 Å². The number of aryl methyl sites for hydroxylation is 1. The number of hydrogen-bond donors (Lipinski definition) is 0. The lowest BCUT2D eigenvalue weighted by atomic mass is 10.2. The SMILES string of the molecule is CCc1ccc(C(Br)Cc2nc3ccccc3s2)o1. The Bertz CT molecular complexity index is 655. The molecular formula is C15H14BrNOS. The molecule has 0 amide bonds. The van der Waals surface area contributed by atoms with Gasteiger partial charge in [-0.05, 0) is 24.3 Å². The monoisotopic (exact) mass is 335 g/mol. The van der Waals surface area contributed by atoms with Crippen molar-refractivity contribution in [3.8, 4) is 0 Å².